The first-order valence-corrected chi connectivity index (χ1v) is 8.86. The van der Waals surface area contributed by atoms with Crippen molar-refractivity contribution in [1.29, 1.82) is 0 Å². The van der Waals surface area contributed by atoms with Gasteiger partial charge in [-0.15, -0.1) is 0 Å². The van der Waals surface area contributed by atoms with Gasteiger partial charge in [0.05, 0.1) is 0 Å². The lowest BCUT2D eigenvalue weighted by Gasteiger charge is -2.36. The predicted octanol–water partition coefficient (Wildman–Crippen LogP) is 3.32. The molecular formula is C19H26FN5. The molecule has 0 bridgehead atoms. The highest BCUT2D eigenvalue weighted by molar-refractivity contribution is 5.52. The standard InChI is InChI=1S/C19H26FN5/c1-14(2)13-21-18-12-19(23-15(3)22-18)25-10-8-24(9-11-25)17-6-4-16(20)5-7-17/h4-7,12,14H,8-11,13H2,1-3H3,(H,21,22,23). The molecule has 1 aromatic heterocycles. The molecule has 25 heavy (non-hydrogen) atoms. The molecule has 1 fully saturated rings. The predicted molar refractivity (Wildman–Crippen MR) is 101 cm³/mol. The summed E-state index contributed by atoms with van der Waals surface area (Å²) >= 11 is 0. The lowest BCUT2D eigenvalue weighted by Crippen LogP contribution is -2.47. The summed E-state index contributed by atoms with van der Waals surface area (Å²) in [6, 6.07) is 8.74. The van der Waals surface area contributed by atoms with Gasteiger partial charge in [-0.1, -0.05) is 13.8 Å². The van der Waals surface area contributed by atoms with Crippen LogP contribution in [-0.4, -0.2) is 42.7 Å². The summed E-state index contributed by atoms with van der Waals surface area (Å²) in [5.74, 6) is 3.01. The zero-order chi connectivity index (χ0) is 17.8. The summed E-state index contributed by atoms with van der Waals surface area (Å²) in [6.07, 6.45) is 0. The van der Waals surface area contributed by atoms with Crippen molar-refractivity contribution in [2.24, 2.45) is 5.92 Å². The molecule has 0 atom stereocenters. The first kappa shape index (κ1) is 17.5. The Balaban J connectivity index is 1.65. The Labute approximate surface area is 148 Å². The molecule has 0 aliphatic carbocycles. The number of nitrogens with zero attached hydrogens (tertiary/aromatic N) is 4. The SMILES string of the molecule is Cc1nc(NCC(C)C)cc(N2CCN(c3ccc(F)cc3)CC2)n1. The summed E-state index contributed by atoms with van der Waals surface area (Å²) in [6.45, 7) is 10.7. The summed E-state index contributed by atoms with van der Waals surface area (Å²) in [5.41, 5.74) is 1.07. The van der Waals surface area contributed by atoms with E-state index in [9.17, 15) is 4.39 Å². The molecule has 0 spiro atoms. The zero-order valence-electron chi connectivity index (χ0n) is 15.2. The molecule has 0 unspecified atom stereocenters. The van der Waals surface area contributed by atoms with Crippen LogP contribution in [0.5, 0.6) is 0 Å². The van der Waals surface area contributed by atoms with Gasteiger partial charge in [0.25, 0.3) is 0 Å². The molecule has 1 aliphatic rings. The second kappa shape index (κ2) is 7.68. The van der Waals surface area contributed by atoms with Crippen LogP contribution < -0.4 is 15.1 Å². The minimum absolute atomic E-state index is 0.194. The van der Waals surface area contributed by atoms with Crippen LogP contribution in [0.2, 0.25) is 0 Å². The monoisotopic (exact) mass is 343 g/mol. The average molecular weight is 343 g/mol. The number of piperazine rings is 1. The third kappa shape index (κ3) is 4.59. The van der Waals surface area contributed by atoms with Gasteiger partial charge in [0, 0.05) is 44.5 Å². The van der Waals surface area contributed by atoms with Gasteiger partial charge in [0.15, 0.2) is 0 Å². The highest BCUT2D eigenvalue weighted by Gasteiger charge is 2.19. The minimum atomic E-state index is -0.194. The quantitative estimate of drug-likeness (QED) is 0.902. The second-order valence-electron chi connectivity index (χ2n) is 6.88. The number of aryl methyl sites for hydroxylation is 1. The maximum absolute atomic E-state index is 13.1. The largest absolute Gasteiger partial charge is 0.370 e. The molecule has 134 valence electrons. The van der Waals surface area contributed by atoms with E-state index in [1.54, 1.807) is 0 Å². The Kier molecular flexibility index (Phi) is 5.36. The lowest BCUT2D eigenvalue weighted by atomic mass is 10.2. The fourth-order valence-electron chi connectivity index (χ4n) is 2.96. The summed E-state index contributed by atoms with van der Waals surface area (Å²) in [7, 11) is 0. The fraction of sp³-hybridized carbons (Fsp3) is 0.474. The van der Waals surface area contributed by atoms with Crippen LogP contribution in [0.3, 0.4) is 0 Å². The van der Waals surface area contributed by atoms with Gasteiger partial charge in [-0.25, -0.2) is 14.4 Å². The molecule has 1 aliphatic heterocycles. The van der Waals surface area contributed by atoms with Crippen molar-refractivity contribution < 1.29 is 4.39 Å². The highest BCUT2D eigenvalue weighted by atomic mass is 19.1. The minimum Gasteiger partial charge on any atom is -0.370 e. The van der Waals surface area contributed by atoms with E-state index in [1.165, 1.54) is 12.1 Å². The summed E-state index contributed by atoms with van der Waals surface area (Å²) in [5, 5.41) is 3.38. The molecule has 1 saturated heterocycles. The molecule has 6 heteroatoms. The van der Waals surface area contributed by atoms with E-state index in [0.717, 1.165) is 55.9 Å². The zero-order valence-corrected chi connectivity index (χ0v) is 15.2. The van der Waals surface area contributed by atoms with Crippen LogP contribution in [-0.2, 0) is 0 Å². The summed E-state index contributed by atoms with van der Waals surface area (Å²) < 4.78 is 13.1. The van der Waals surface area contributed by atoms with Gasteiger partial charge >= 0.3 is 0 Å². The van der Waals surface area contributed by atoms with Crippen LogP contribution in [0.4, 0.5) is 21.7 Å². The Bertz CT molecular complexity index is 693. The molecule has 0 radical (unpaired) electrons. The Morgan fingerprint density at radius 1 is 1.04 bits per heavy atom. The van der Waals surface area contributed by atoms with E-state index >= 15 is 0 Å². The van der Waals surface area contributed by atoms with E-state index < -0.39 is 0 Å². The smallest absolute Gasteiger partial charge is 0.134 e. The number of aromatic nitrogens is 2. The first-order valence-electron chi connectivity index (χ1n) is 8.86. The lowest BCUT2D eigenvalue weighted by molar-refractivity contribution is 0.624. The maximum Gasteiger partial charge on any atom is 0.134 e. The van der Waals surface area contributed by atoms with Gasteiger partial charge < -0.3 is 15.1 Å². The third-order valence-corrected chi connectivity index (χ3v) is 4.31. The van der Waals surface area contributed by atoms with E-state index in [1.807, 2.05) is 25.1 Å². The number of hydrogen-bond acceptors (Lipinski definition) is 5. The van der Waals surface area contributed by atoms with E-state index in [2.05, 4.69) is 38.9 Å². The first-order chi connectivity index (χ1) is 12.0. The topological polar surface area (TPSA) is 44.3 Å². The van der Waals surface area contributed by atoms with Crippen molar-refractivity contribution in [1.82, 2.24) is 9.97 Å². The molecule has 1 N–H and O–H groups in total. The Morgan fingerprint density at radius 2 is 1.68 bits per heavy atom. The van der Waals surface area contributed by atoms with E-state index in [0.29, 0.717) is 5.92 Å². The number of benzene rings is 1. The van der Waals surface area contributed by atoms with Crippen molar-refractivity contribution in [3.63, 3.8) is 0 Å². The molecular weight excluding hydrogens is 317 g/mol. The molecule has 2 heterocycles. The van der Waals surface area contributed by atoms with Gasteiger partial charge in [0.2, 0.25) is 0 Å². The van der Waals surface area contributed by atoms with Crippen molar-refractivity contribution in [3.05, 3.63) is 42.0 Å². The average Bonchev–Trinajstić information content (AvgIpc) is 2.60. The van der Waals surface area contributed by atoms with Crippen LogP contribution in [0, 0.1) is 18.7 Å². The molecule has 2 aromatic rings. The number of anilines is 3. The van der Waals surface area contributed by atoms with Crippen molar-refractivity contribution >= 4 is 17.3 Å². The number of nitrogens with one attached hydrogen (secondary N) is 1. The van der Waals surface area contributed by atoms with Crippen LogP contribution in [0.25, 0.3) is 0 Å². The van der Waals surface area contributed by atoms with Crippen LogP contribution in [0.1, 0.15) is 19.7 Å². The third-order valence-electron chi connectivity index (χ3n) is 4.31. The second-order valence-corrected chi connectivity index (χ2v) is 6.88. The van der Waals surface area contributed by atoms with Gasteiger partial charge in [-0.05, 0) is 37.1 Å². The summed E-state index contributed by atoms with van der Waals surface area (Å²) in [4.78, 5) is 13.6. The van der Waals surface area contributed by atoms with Crippen LogP contribution in [0.15, 0.2) is 30.3 Å². The van der Waals surface area contributed by atoms with Gasteiger partial charge in [0.1, 0.15) is 23.3 Å². The Hall–Kier alpha value is -2.37. The van der Waals surface area contributed by atoms with Crippen molar-refractivity contribution in [2.75, 3.05) is 47.8 Å². The van der Waals surface area contributed by atoms with E-state index in [4.69, 9.17) is 0 Å². The molecule has 5 nitrogen and oxygen atoms in total. The van der Waals surface area contributed by atoms with Crippen molar-refractivity contribution in [2.45, 2.75) is 20.8 Å². The number of hydrogen-bond donors (Lipinski definition) is 1. The van der Waals surface area contributed by atoms with E-state index in [-0.39, 0.29) is 5.82 Å². The molecule has 1 aromatic carbocycles. The normalized spacial score (nSPS) is 14.9. The highest BCUT2D eigenvalue weighted by Crippen LogP contribution is 2.21. The van der Waals surface area contributed by atoms with Crippen molar-refractivity contribution in [3.8, 4) is 0 Å². The molecule has 0 saturated carbocycles. The number of halogens is 1. The Morgan fingerprint density at radius 3 is 2.32 bits per heavy atom. The molecule has 0 amide bonds. The number of rotatable bonds is 5. The maximum atomic E-state index is 13.1. The van der Waals surface area contributed by atoms with Crippen LogP contribution >= 0.6 is 0 Å². The van der Waals surface area contributed by atoms with Gasteiger partial charge in [-0.3, -0.25) is 0 Å². The van der Waals surface area contributed by atoms with Gasteiger partial charge in [-0.2, -0.15) is 0 Å². The fourth-order valence-corrected chi connectivity index (χ4v) is 2.96. The molecule has 3 rings (SSSR count).